The molecule has 78 valence electrons. The maximum Gasteiger partial charge on any atom is 0.00977 e. The van der Waals surface area contributed by atoms with Crippen LogP contribution in [0.4, 0.5) is 0 Å². The second-order valence-electron chi connectivity index (χ2n) is 4.85. The van der Waals surface area contributed by atoms with Crippen LogP contribution >= 0.6 is 0 Å². The molecule has 1 heteroatoms. The molecule has 0 amide bonds. The van der Waals surface area contributed by atoms with Gasteiger partial charge in [0.05, 0.1) is 0 Å². The summed E-state index contributed by atoms with van der Waals surface area (Å²) in [6.45, 7) is 9.36. The molecular weight excluding hydrogens is 158 g/mol. The van der Waals surface area contributed by atoms with E-state index in [2.05, 4.69) is 33.0 Å². The van der Waals surface area contributed by atoms with Crippen LogP contribution in [0.25, 0.3) is 0 Å². The molecule has 0 radical (unpaired) electrons. The highest BCUT2D eigenvalue weighted by atomic mass is 15.0. The molecule has 0 aliphatic heterocycles. The Morgan fingerprint density at radius 1 is 1.31 bits per heavy atom. The fraction of sp³-hybridized carbons (Fsp3) is 1.00. The van der Waals surface area contributed by atoms with E-state index in [4.69, 9.17) is 0 Å². The Bertz CT molecular complexity index is 144. The average molecular weight is 183 g/mol. The van der Waals surface area contributed by atoms with Crippen LogP contribution in [0.5, 0.6) is 0 Å². The van der Waals surface area contributed by atoms with Crippen molar-refractivity contribution in [3.05, 3.63) is 0 Å². The predicted molar refractivity (Wildman–Crippen MR) is 58.9 cm³/mol. The van der Waals surface area contributed by atoms with Gasteiger partial charge >= 0.3 is 0 Å². The molecule has 0 aromatic rings. The molecule has 0 heterocycles. The Hall–Kier alpha value is -0.0400. The van der Waals surface area contributed by atoms with Crippen molar-refractivity contribution < 1.29 is 0 Å². The van der Waals surface area contributed by atoms with Gasteiger partial charge in [0.1, 0.15) is 0 Å². The Morgan fingerprint density at radius 3 is 2.62 bits per heavy atom. The van der Waals surface area contributed by atoms with Crippen molar-refractivity contribution in [3.8, 4) is 0 Å². The standard InChI is InChI=1S/C12H25N/c1-5-10(3)13-12-8-6-7-9(2)11(12)4/h9-13H,5-8H2,1-4H3/t9-,10+,11-,12+/m0/s1. The summed E-state index contributed by atoms with van der Waals surface area (Å²) in [5.74, 6) is 1.78. The second kappa shape index (κ2) is 4.99. The molecule has 1 aliphatic carbocycles. The van der Waals surface area contributed by atoms with Gasteiger partial charge in [-0.25, -0.2) is 0 Å². The van der Waals surface area contributed by atoms with E-state index in [0.717, 1.165) is 17.9 Å². The number of hydrogen-bond donors (Lipinski definition) is 1. The van der Waals surface area contributed by atoms with E-state index in [1.54, 1.807) is 0 Å². The Morgan fingerprint density at radius 2 is 2.00 bits per heavy atom. The molecular formula is C12H25N. The lowest BCUT2D eigenvalue weighted by atomic mass is 9.78. The highest BCUT2D eigenvalue weighted by molar-refractivity contribution is 4.83. The fourth-order valence-corrected chi connectivity index (χ4v) is 2.30. The molecule has 1 rings (SSSR count). The summed E-state index contributed by atoms with van der Waals surface area (Å²) in [6.07, 6.45) is 5.48. The minimum atomic E-state index is 0.692. The molecule has 1 N–H and O–H groups in total. The zero-order chi connectivity index (χ0) is 9.84. The first kappa shape index (κ1) is 11.0. The predicted octanol–water partition coefficient (Wildman–Crippen LogP) is 3.20. The molecule has 4 atom stereocenters. The third-order valence-corrected chi connectivity index (χ3v) is 3.82. The Balaban J connectivity index is 2.39. The quantitative estimate of drug-likeness (QED) is 0.708. The van der Waals surface area contributed by atoms with Crippen LogP contribution in [0.3, 0.4) is 0 Å². The van der Waals surface area contributed by atoms with Crippen molar-refractivity contribution in [2.75, 3.05) is 0 Å². The van der Waals surface area contributed by atoms with Crippen molar-refractivity contribution in [1.29, 1.82) is 0 Å². The average Bonchev–Trinajstić information content (AvgIpc) is 2.13. The summed E-state index contributed by atoms with van der Waals surface area (Å²) in [7, 11) is 0. The van der Waals surface area contributed by atoms with E-state index in [1.165, 1.54) is 25.7 Å². The Labute approximate surface area is 83.3 Å². The molecule has 1 saturated carbocycles. The summed E-state index contributed by atoms with van der Waals surface area (Å²) in [4.78, 5) is 0. The van der Waals surface area contributed by atoms with Gasteiger partial charge in [0.25, 0.3) is 0 Å². The smallest absolute Gasteiger partial charge is 0.00977 e. The summed E-state index contributed by atoms with van der Waals surface area (Å²) >= 11 is 0. The molecule has 0 spiro atoms. The van der Waals surface area contributed by atoms with E-state index in [-0.39, 0.29) is 0 Å². The largest absolute Gasteiger partial charge is 0.311 e. The van der Waals surface area contributed by atoms with E-state index in [0.29, 0.717) is 6.04 Å². The zero-order valence-electron chi connectivity index (χ0n) is 9.64. The van der Waals surface area contributed by atoms with E-state index >= 15 is 0 Å². The number of nitrogens with one attached hydrogen (secondary N) is 1. The molecule has 1 fully saturated rings. The third kappa shape index (κ3) is 2.98. The molecule has 1 aliphatic rings. The van der Waals surface area contributed by atoms with Gasteiger partial charge < -0.3 is 5.32 Å². The van der Waals surface area contributed by atoms with Crippen molar-refractivity contribution >= 4 is 0 Å². The van der Waals surface area contributed by atoms with E-state index < -0.39 is 0 Å². The molecule has 1 nitrogen and oxygen atoms in total. The summed E-state index contributed by atoms with van der Waals surface area (Å²) < 4.78 is 0. The minimum absolute atomic E-state index is 0.692. The van der Waals surface area contributed by atoms with Crippen LogP contribution in [-0.2, 0) is 0 Å². The van der Waals surface area contributed by atoms with Crippen molar-refractivity contribution in [1.82, 2.24) is 5.32 Å². The number of hydrogen-bond acceptors (Lipinski definition) is 1. The second-order valence-corrected chi connectivity index (χ2v) is 4.85. The number of rotatable bonds is 3. The maximum absolute atomic E-state index is 3.75. The maximum atomic E-state index is 3.75. The molecule has 0 aromatic carbocycles. The fourth-order valence-electron chi connectivity index (χ4n) is 2.30. The molecule has 0 unspecified atom stereocenters. The minimum Gasteiger partial charge on any atom is -0.311 e. The van der Waals surface area contributed by atoms with Gasteiger partial charge in [-0.1, -0.05) is 33.6 Å². The van der Waals surface area contributed by atoms with Gasteiger partial charge in [-0.2, -0.15) is 0 Å². The molecule has 0 bridgehead atoms. The lowest BCUT2D eigenvalue weighted by molar-refractivity contribution is 0.195. The van der Waals surface area contributed by atoms with Gasteiger partial charge in [0, 0.05) is 12.1 Å². The summed E-state index contributed by atoms with van der Waals surface area (Å²) in [5, 5.41) is 3.75. The lowest BCUT2D eigenvalue weighted by Gasteiger charge is -2.36. The lowest BCUT2D eigenvalue weighted by Crippen LogP contribution is -2.44. The third-order valence-electron chi connectivity index (χ3n) is 3.82. The van der Waals surface area contributed by atoms with Crippen molar-refractivity contribution in [2.45, 2.75) is 65.5 Å². The van der Waals surface area contributed by atoms with Gasteiger partial charge in [0.2, 0.25) is 0 Å². The Kier molecular flexibility index (Phi) is 4.24. The van der Waals surface area contributed by atoms with Gasteiger partial charge in [-0.05, 0) is 31.6 Å². The van der Waals surface area contributed by atoms with E-state index in [1.807, 2.05) is 0 Å². The topological polar surface area (TPSA) is 12.0 Å². The molecule has 13 heavy (non-hydrogen) atoms. The highest BCUT2D eigenvalue weighted by Crippen LogP contribution is 2.29. The van der Waals surface area contributed by atoms with Gasteiger partial charge in [-0.3, -0.25) is 0 Å². The normalized spacial score (nSPS) is 37.4. The monoisotopic (exact) mass is 183 g/mol. The van der Waals surface area contributed by atoms with Crippen LogP contribution in [-0.4, -0.2) is 12.1 Å². The first-order chi connectivity index (χ1) is 6.15. The van der Waals surface area contributed by atoms with Crippen LogP contribution in [0.1, 0.15) is 53.4 Å². The highest BCUT2D eigenvalue weighted by Gasteiger charge is 2.27. The van der Waals surface area contributed by atoms with Crippen LogP contribution in [0.15, 0.2) is 0 Å². The first-order valence-corrected chi connectivity index (χ1v) is 5.91. The van der Waals surface area contributed by atoms with Gasteiger partial charge in [0.15, 0.2) is 0 Å². The zero-order valence-corrected chi connectivity index (χ0v) is 9.64. The van der Waals surface area contributed by atoms with Crippen LogP contribution in [0, 0.1) is 11.8 Å². The van der Waals surface area contributed by atoms with Crippen molar-refractivity contribution in [2.24, 2.45) is 11.8 Å². The molecule has 0 aromatic heterocycles. The first-order valence-electron chi connectivity index (χ1n) is 5.91. The van der Waals surface area contributed by atoms with Crippen LogP contribution < -0.4 is 5.32 Å². The van der Waals surface area contributed by atoms with Crippen LogP contribution in [0.2, 0.25) is 0 Å². The summed E-state index contributed by atoms with van der Waals surface area (Å²) in [6, 6.07) is 1.47. The van der Waals surface area contributed by atoms with Crippen molar-refractivity contribution in [3.63, 3.8) is 0 Å². The molecule has 0 saturated heterocycles. The van der Waals surface area contributed by atoms with Gasteiger partial charge in [-0.15, -0.1) is 0 Å². The van der Waals surface area contributed by atoms with E-state index in [9.17, 15) is 0 Å². The summed E-state index contributed by atoms with van der Waals surface area (Å²) in [5.41, 5.74) is 0. The SMILES string of the molecule is CC[C@@H](C)N[C@@H]1CCC[C@H](C)[C@@H]1C.